The second-order valence-electron chi connectivity index (χ2n) is 4.21. The van der Waals surface area contributed by atoms with Crippen LogP contribution in [0.2, 0.25) is 0 Å². The van der Waals surface area contributed by atoms with Crippen LogP contribution in [-0.4, -0.2) is 31.6 Å². The van der Waals surface area contributed by atoms with E-state index < -0.39 is 6.04 Å². The summed E-state index contributed by atoms with van der Waals surface area (Å²) in [4.78, 5) is 22.6. The summed E-state index contributed by atoms with van der Waals surface area (Å²) in [5, 5.41) is 5.39. The van der Waals surface area contributed by atoms with E-state index in [2.05, 4.69) is 10.6 Å². The van der Waals surface area contributed by atoms with Crippen LogP contribution in [0.5, 0.6) is 0 Å². The quantitative estimate of drug-likeness (QED) is 0.753. The molecule has 1 unspecified atom stereocenters. The molecule has 1 aliphatic heterocycles. The zero-order chi connectivity index (χ0) is 13.0. The molecular formula is C13H16N2O3. The maximum Gasteiger partial charge on any atom is 0.249 e. The second-order valence-corrected chi connectivity index (χ2v) is 4.21. The molecule has 0 aliphatic carbocycles. The van der Waals surface area contributed by atoms with Gasteiger partial charge in [0.05, 0.1) is 13.0 Å². The Morgan fingerprint density at radius 3 is 2.83 bits per heavy atom. The van der Waals surface area contributed by atoms with Crippen LogP contribution in [0, 0.1) is 0 Å². The van der Waals surface area contributed by atoms with Crippen molar-refractivity contribution in [3.8, 4) is 0 Å². The summed E-state index contributed by atoms with van der Waals surface area (Å²) in [6, 6.07) is 7.25. The van der Waals surface area contributed by atoms with Gasteiger partial charge in [0.1, 0.15) is 6.04 Å². The lowest BCUT2D eigenvalue weighted by Gasteiger charge is -2.14. The van der Waals surface area contributed by atoms with Crippen molar-refractivity contribution < 1.29 is 14.3 Å². The minimum absolute atomic E-state index is 0.192. The first kappa shape index (κ1) is 12.6. The summed E-state index contributed by atoms with van der Waals surface area (Å²) in [5.41, 5.74) is 1.95. The highest BCUT2D eigenvalue weighted by atomic mass is 16.5. The zero-order valence-corrected chi connectivity index (χ0v) is 10.2. The first-order chi connectivity index (χ1) is 8.70. The van der Waals surface area contributed by atoms with Crippen LogP contribution in [0.4, 0.5) is 5.69 Å². The van der Waals surface area contributed by atoms with E-state index in [1.807, 2.05) is 24.3 Å². The molecule has 1 saturated heterocycles. The molecule has 0 spiro atoms. The monoisotopic (exact) mass is 248 g/mol. The number of para-hydroxylation sites is 1. The smallest absolute Gasteiger partial charge is 0.249 e. The van der Waals surface area contributed by atoms with Crippen LogP contribution in [0.25, 0.3) is 0 Å². The fraction of sp³-hybridized carbons (Fsp3) is 0.385. The topological polar surface area (TPSA) is 67.4 Å². The van der Waals surface area contributed by atoms with E-state index in [9.17, 15) is 9.59 Å². The molecule has 18 heavy (non-hydrogen) atoms. The largest absolute Gasteiger partial charge is 0.384 e. The lowest BCUT2D eigenvalue weighted by Crippen LogP contribution is -2.30. The van der Waals surface area contributed by atoms with Crippen LogP contribution in [0.15, 0.2) is 24.3 Å². The molecule has 0 saturated carbocycles. The van der Waals surface area contributed by atoms with Crippen LogP contribution in [-0.2, 0) is 20.7 Å². The number of nitrogens with one attached hydrogen (secondary N) is 2. The molecule has 1 atom stereocenters. The average molecular weight is 248 g/mol. The summed E-state index contributed by atoms with van der Waals surface area (Å²) in [5.74, 6) is -0.492. The molecule has 0 aromatic heterocycles. The van der Waals surface area contributed by atoms with Gasteiger partial charge in [-0.1, -0.05) is 18.2 Å². The SMILES string of the molecule is COCCc1ccccc1NC1CC(=O)NC1=O. The number of anilines is 1. The van der Waals surface area contributed by atoms with E-state index in [4.69, 9.17) is 4.74 Å². The molecule has 1 fully saturated rings. The summed E-state index contributed by atoms with van der Waals surface area (Å²) in [7, 11) is 1.65. The predicted octanol–water partition coefficient (Wildman–Crippen LogP) is 0.703. The molecule has 5 nitrogen and oxygen atoms in total. The molecule has 1 aromatic carbocycles. The van der Waals surface area contributed by atoms with Crippen molar-refractivity contribution in [3.05, 3.63) is 29.8 Å². The molecule has 1 heterocycles. The van der Waals surface area contributed by atoms with E-state index in [0.717, 1.165) is 17.7 Å². The fourth-order valence-corrected chi connectivity index (χ4v) is 1.95. The van der Waals surface area contributed by atoms with Gasteiger partial charge in [-0.05, 0) is 18.1 Å². The van der Waals surface area contributed by atoms with Crippen LogP contribution < -0.4 is 10.6 Å². The number of carbonyl (C=O) groups excluding carboxylic acids is 2. The molecule has 0 radical (unpaired) electrons. The van der Waals surface area contributed by atoms with Gasteiger partial charge in [0.15, 0.2) is 0 Å². The van der Waals surface area contributed by atoms with Crippen LogP contribution >= 0.6 is 0 Å². The highest BCUT2D eigenvalue weighted by Gasteiger charge is 2.30. The van der Waals surface area contributed by atoms with Crippen molar-refractivity contribution in [1.82, 2.24) is 5.32 Å². The highest BCUT2D eigenvalue weighted by molar-refractivity contribution is 6.06. The molecule has 0 bridgehead atoms. The maximum atomic E-state index is 11.5. The third-order valence-electron chi connectivity index (χ3n) is 2.89. The number of amides is 2. The summed E-state index contributed by atoms with van der Waals surface area (Å²) < 4.78 is 5.05. The second kappa shape index (κ2) is 5.64. The van der Waals surface area contributed by atoms with Gasteiger partial charge in [0.2, 0.25) is 11.8 Å². The van der Waals surface area contributed by atoms with Gasteiger partial charge in [-0.2, -0.15) is 0 Å². The fourth-order valence-electron chi connectivity index (χ4n) is 1.95. The Hall–Kier alpha value is -1.88. The molecule has 96 valence electrons. The van der Waals surface area contributed by atoms with Crippen molar-refractivity contribution >= 4 is 17.5 Å². The maximum absolute atomic E-state index is 11.5. The van der Waals surface area contributed by atoms with Gasteiger partial charge in [0, 0.05) is 12.8 Å². The molecular weight excluding hydrogens is 232 g/mol. The van der Waals surface area contributed by atoms with E-state index >= 15 is 0 Å². The predicted molar refractivity (Wildman–Crippen MR) is 67.2 cm³/mol. The lowest BCUT2D eigenvalue weighted by atomic mass is 10.1. The van der Waals surface area contributed by atoms with Gasteiger partial charge < -0.3 is 10.1 Å². The summed E-state index contributed by atoms with van der Waals surface area (Å²) >= 11 is 0. The minimum atomic E-state index is -0.471. The number of ether oxygens (including phenoxy) is 1. The molecule has 5 heteroatoms. The third kappa shape index (κ3) is 2.87. The van der Waals surface area contributed by atoms with Crippen LogP contribution in [0.3, 0.4) is 0 Å². The number of hydrogen-bond donors (Lipinski definition) is 2. The molecule has 1 aromatic rings. The number of imide groups is 1. The van der Waals surface area contributed by atoms with E-state index in [-0.39, 0.29) is 18.2 Å². The minimum Gasteiger partial charge on any atom is -0.384 e. The van der Waals surface area contributed by atoms with Gasteiger partial charge in [-0.15, -0.1) is 0 Å². The summed E-state index contributed by atoms with van der Waals surface area (Å²) in [6.45, 7) is 0.620. The van der Waals surface area contributed by atoms with Gasteiger partial charge in [-0.3, -0.25) is 14.9 Å². The first-order valence-corrected chi connectivity index (χ1v) is 5.88. The zero-order valence-electron chi connectivity index (χ0n) is 10.2. The molecule has 2 amide bonds. The van der Waals surface area contributed by atoms with Gasteiger partial charge >= 0.3 is 0 Å². The number of hydrogen-bond acceptors (Lipinski definition) is 4. The van der Waals surface area contributed by atoms with E-state index in [0.29, 0.717) is 6.61 Å². The Balaban J connectivity index is 2.08. The Morgan fingerprint density at radius 2 is 2.17 bits per heavy atom. The third-order valence-corrected chi connectivity index (χ3v) is 2.89. The van der Waals surface area contributed by atoms with Crippen molar-refractivity contribution in [1.29, 1.82) is 0 Å². The molecule has 1 aliphatic rings. The van der Waals surface area contributed by atoms with E-state index in [1.165, 1.54) is 0 Å². The Kier molecular flexibility index (Phi) is 3.94. The van der Waals surface area contributed by atoms with Crippen molar-refractivity contribution in [2.75, 3.05) is 19.0 Å². The summed E-state index contributed by atoms with van der Waals surface area (Å²) in [6.07, 6.45) is 0.958. The van der Waals surface area contributed by atoms with E-state index in [1.54, 1.807) is 7.11 Å². The Labute approximate surface area is 106 Å². The van der Waals surface area contributed by atoms with Gasteiger partial charge in [0.25, 0.3) is 0 Å². The normalized spacial score (nSPS) is 18.8. The van der Waals surface area contributed by atoms with Crippen molar-refractivity contribution in [2.24, 2.45) is 0 Å². The number of rotatable bonds is 5. The number of methoxy groups -OCH3 is 1. The van der Waals surface area contributed by atoms with Gasteiger partial charge in [-0.25, -0.2) is 0 Å². The Morgan fingerprint density at radius 1 is 1.39 bits per heavy atom. The molecule has 2 rings (SSSR count). The Bertz CT molecular complexity index is 459. The first-order valence-electron chi connectivity index (χ1n) is 5.88. The van der Waals surface area contributed by atoms with Crippen LogP contribution in [0.1, 0.15) is 12.0 Å². The van der Waals surface area contributed by atoms with Crippen molar-refractivity contribution in [3.63, 3.8) is 0 Å². The number of benzene rings is 1. The van der Waals surface area contributed by atoms with Crippen molar-refractivity contribution in [2.45, 2.75) is 18.9 Å². The standard InChI is InChI=1S/C13H16N2O3/c1-18-7-6-9-4-2-3-5-10(9)14-11-8-12(16)15-13(11)17/h2-5,11,14H,6-8H2,1H3,(H,15,16,17). The molecule has 2 N–H and O–H groups in total. The average Bonchev–Trinajstić information content (AvgIpc) is 2.67. The lowest BCUT2D eigenvalue weighted by molar-refractivity contribution is -0.124. The highest BCUT2D eigenvalue weighted by Crippen LogP contribution is 2.19. The number of carbonyl (C=O) groups is 2.